The number of aliphatic imine (C=N–C) groups is 1. The topological polar surface area (TPSA) is 40.5 Å². The van der Waals surface area contributed by atoms with Crippen LogP contribution in [-0.4, -0.2) is 36.0 Å². The van der Waals surface area contributed by atoms with Gasteiger partial charge >= 0.3 is 6.18 Å². The van der Waals surface area contributed by atoms with Gasteiger partial charge in [-0.25, -0.2) is 0 Å². The van der Waals surface area contributed by atoms with Crippen LogP contribution < -0.4 is 5.32 Å². The minimum absolute atomic E-state index is 0.300. The summed E-state index contributed by atoms with van der Waals surface area (Å²) in [5.74, 6) is 0.709. The molecule has 1 aliphatic rings. The fourth-order valence-electron chi connectivity index (χ4n) is 1.64. The van der Waals surface area contributed by atoms with Gasteiger partial charge in [-0.1, -0.05) is 0 Å². The van der Waals surface area contributed by atoms with E-state index >= 15 is 0 Å². The number of alkyl halides is 3. The second-order valence-electron chi connectivity index (χ2n) is 4.03. The first kappa shape index (κ1) is 12.7. The normalized spacial score (nSPS) is 15.8. The molecule has 4 nitrogen and oxygen atoms in total. The molecule has 0 bridgehead atoms. The fraction of sp³-hybridized carbons (Fsp3) is 0.455. The smallest absolute Gasteiger partial charge is 0.352 e. The number of nitrogens with one attached hydrogen (secondary N) is 1. The van der Waals surface area contributed by atoms with Crippen LogP contribution in [0.1, 0.15) is 11.3 Å². The van der Waals surface area contributed by atoms with Crippen LogP contribution in [0.5, 0.6) is 0 Å². The number of rotatable bonds is 2. The van der Waals surface area contributed by atoms with Crippen LogP contribution >= 0.6 is 0 Å². The van der Waals surface area contributed by atoms with Crippen LogP contribution in [-0.2, 0) is 12.7 Å². The number of halogens is 3. The molecule has 18 heavy (non-hydrogen) atoms. The quantitative estimate of drug-likeness (QED) is 0.873. The summed E-state index contributed by atoms with van der Waals surface area (Å²) in [5, 5.41) is 3.01. The third-order valence-corrected chi connectivity index (χ3v) is 2.62. The molecule has 1 N–H and O–H groups in total. The number of nitrogens with zero attached hydrogens (tertiary/aromatic N) is 3. The van der Waals surface area contributed by atoms with Gasteiger partial charge in [0.1, 0.15) is 5.69 Å². The molecule has 0 saturated carbocycles. The fourth-order valence-corrected chi connectivity index (χ4v) is 1.64. The van der Waals surface area contributed by atoms with Crippen LogP contribution in [0, 0.1) is 0 Å². The van der Waals surface area contributed by atoms with E-state index in [2.05, 4.69) is 15.3 Å². The van der Waals surface area contributed by atoms with E-state index in [-0.39, 0.29) is 0 Å². The van der Waals surface area contributed by atoms with E-state index in [0.29, 0.717) is 24.6 Å². The van der Waals surface area contributed by atoms with E-state index in [1.54, 1.807) is 6.07 Å². The highest BCUT2D eigenvalue weighted by Crippen LogP contribution is 2.27. The molecule has 2 heterocycles. The number of hydrogen-bond donors (Lipinski definition) is 1. The van der Waals surface area contributed by atoms with Crippen LogP contribution in [0.15, 0.2) is 23.3 Å². The maximum atomic E-state index is 12.5. The predicted molar refractivity (Wildman–Crippen MR) is 61.0 cm³/mol. The van der Waals surface area contributed by atoms with Crippen molar-refractivity contribution in [1.29, 1.82) is 0 Å². The van der Waals surface area contributed by atoms with Crippen molar-refractivity contribution >= 4 is 5.96 Å². The minimum Gasteiger partial charge on any atom is -0.352 e. The maximum Gasteiger partial charge on any atom is 0.433 e. The van der Waals surface area contributed by atoms with Gasteiger partial charge in [0, 0.05) is 26.3 Å². The third-order valence-electron chi connectivity index (χ3n) is 2.62. The molecule has 1 aromatic heterocycles. The highest BCUT2D eigenvalue weighted by Gasteiger charge is 2.32. The van der Waals surface area contributed by atoms with E-state index < -0.39 is 11.9 Å². The first-order valence-electron chi connectivity index (χ1n) is 5.48. The Morgan fingerprint density at radius 1 is 1.44 bits per heavy atom. The average molecular weight is 258 g/mol. The van der Waals surface area contributed by atoms with E-state index in [9.17, 15) is 13.2 Å². The summed E-state index contributed by atoms with van der Waals surface area (Å²) in [5.41, 5.74) is -0.344. The van der Waals surface area contributed by atoms with Gasteiger partial charge in [0.15, 0.2) is 5.96 Å². The lowest BCUT2D eigenvalue weighted by Gasteiger charge is -2.15. The molecule has 0 atom stereocenters. The molecule has 0 unspecified atom stereocenters. The van der Waals surface area contributed by atoms with Crippen molar-refractivity contribution in [3.8, 4) is 0 Å². The lowest BCUT2D eigenvalue weighted by atomic mass is 10.2. The lowest BCUT2D eigenvalue weighted by Crippen LogP contribution is -2.35. The molecule has 1 aromatic rings. The lowest BCUT2D eigenvalue weighted by molar-refractivity contribution is -0.141. The zero-order valence-electron chi connectivity index (χ0n) is 9.83. The Labute approximate surface area is 103 Å². The summed E-state index contributed by atoms with van der Waals surface area (Å²) >= 11 is 0. The monoisotopic (exact) mass is 258 g/mol. The molecular formula is C11H13F3N4. The Hall–Kier alpha value is -1.79. The van der Waals surface area contributed by atoms with Crippen LogP contribution in [0.2, 0.25) is 0 Å². The van der Waals surface area contributed by atoms with Crippen LogP contribution in [0.25, 0.3) is 0 Å². The zero-order chi connectivity index (χ0) is 13.2. The van der Waals surface area contributed by atoms with Crippen LogP contribution in [0.3, 0.4) is 0 Å². The molecule has 1 aliphatic heterocycles. The minimum atomic E-state index is -4.41. The average Bonchev–Trinajstić information content (AvgIpc) is 2.72. The van der Waals surface area contributed by atoms with Gasteiger partial charge in [-0.3, -0.25) is 9.98 Å². The highest BCUT2D eigenvalue weighted by molar-refractivity contribution is 5.81. The van der Waals surface area contributed by atoms with Gasteiger partial charge < -0.3 is 10.2 Å². The Kier molecular flexibility index (Phi) is 3.40. The van der Waals surface area contributed by atoms with Crippen molar-refractivity contribution in [2.75, 3.05) is 20.1 Å². The number of pyridine rings is 1. The number of hydrogen-bond acceptors (Lipinski definition) is 4. The Bertz CT molecular complexity index is 456. The summed E-state index contributed by atoms with van der Waals surface area (Å²) in [6, 6.07) is 2.60. The maximum absolute atomic E-state index is 12.5. The Morgan fingerprint density at radius 3 is 2.83 bits per heavy atom. The molecule has 0 saturated heterocycles. The number of likely N-dealkylation sites (N-methyl/N-ethyl adjacent to an activating group) is 1. The predicted octanol–water partition coefficient (Wildman–Crippen LogP) is 1.49. The molecule has 98 valence electrons. The molecular weight excluding hydrogens is 245 g/mol. The molecule has 7 heteroatoms. The Morgan fingerprint density at radius 2 is 2.22 bits per heavy atom. The molecule has 2 rings (SSSR count). The summed E-state index contributed by atoms with van der Waals surface area (Å²) in [6.45, 7) is 1.84. The van der Waals surface area contributed by atoms with Crippen molar-refractivity contribution in [3.05, 3.63) is 29.6 Å². The van der Waals surface area contributed by atoms with E-state index in [1.807, 2.05) is 11.9 Å². The summed E-state index contributed by atoms with van der Waals surface area (Å²) < 4.78 is 37.4. The van der Waals surface area contributed by atoms with E-state index in [4.69, 9.17) is 0 Å². The van der Waals surface area contributed by atoms with E-state index in [1.165, 1.54) is 6.20 Å². The van der Waals surface area contributed by atoms with Gasteiger partial charge in [-0.2, -0.15) is 13.2 Å². The second kappa shape index (κ2) is 4.83. The first-order valence-corrected chi connectivity index (χ1v) is 5.48. The van der Waals surface area contributed by atoms with Crippen molar-refractivity contribution in [1.82, 2.24) is 15.2 Å². The van der Waals surface area contributed by atoms with Crippen molar-refractivity contribution in [3.63, 3.8) is 0 Å². The Balaban J connectivity index is 2.02. The largest absolute Gasteiger partial charge is 0.433 e. The van der Waals surface area contributed by atoms with Gasteiger partial charge in [-0.15, -0.1) is 0 Å². The standard InChI is InChI=1S/C11H13F3N4/c1-18-5-4-16-10(18)17-7-8-2-3-15-9(6-8)11(12,13)14/h2-3,6H,4-5,7H2,1H3,(H,16,17). The molecule has 0 aliphatic carbocycles. The molecule has 0 spiro atoms. The first-order chi connectivity index (χ1) is 8.47. The van der Waals surface area contributed by atoms with Crippen molar-refractivity contribution < 1.29 is 13.2 Å². The van der Waals surface area contributed by atoms with E-state index in [0.717, 1.165) is 12.6 Å². The highest BCUT2D eigenvalue weighted by atomic mass is 19.4. The molecule has 0 amide bonds. The molecule has 0 radical (unpaired) electrons. The van der Waals surface area contributed by atoms with Crippen molar-refractivity contribution in [2.24, 2.45) is 4.99 Å². The zero-order valence-corrected chi connectivity index (χ0v) is 9.83. The molecule has 0 aromatic carbocycles. The number of guanidine groups is 1. The van der Waals surface area contributed by atoms with Gasteiger partial charge in [0.05, 0.1) is 6.54 Å². The van der Waals surface area contributed by atoms with Gasteiger partial charge in [-0.05, 0) is 17.7 Å². The third kappa shape index (κ3) is 2.91. The summed E-state index contributed by atoms with van der Waals surface area (Å²) in [7, 11) is 1.88. The van der Waals surface area contributed by atoms with Gasteiger partial charge in [0.2, 0.25) is 0 Å². The van der Waals surface area contributed by atoms with Crippen molar-refractivity contribution in [2.45, 2.75) is 12.7 Å². The molecule has 0 fully saturated rings. The van der Waals surface area contributed by atoms with Gasteiger partial charge in [0.25, 0.3) is 0 Å². The SMILES string of the molecule is CN1CCN=C1NCc1ccnc(C(F)(F)F)c1. The summed E-state index contributed by atoms with van der Waals surface area (Å²) in [4.78, 5) is 9.43. The number of aromatic nitrogens is 1. The summed E-state index contributed by atoms with van der Waals surface area (Å²) in [6.07, 6.45) is -3.24. The van der Waals surface area contributed by atoms with Crippen LogP contribution in [0.4, 0.5) is 13.2 Å². The second-order valence-corrected chi connectivity index (χ2v) is 4.03.